The van der Waals surface area contributed by atoms with Gasteiger partial charge in [0.25, 0.3) is 5.91 Å². The van der Waals surface area contributed by atoms with Gasteiger partial charge in [-0.2, -0.15) is 0 Å². The Labute approximate surface area is 117 Å². The number of halogens is 1. The van der Waals surface area contributed by atoms with E-state index in [-0.39, 0.29) is 5.91 Å². The lowest BCUT2D eigenvalue weighted by Crippen LogP contribution is -2.24. The van der Waals surface area contributed by atoms with Crippen LogP contribution < -0.4 is 11.1 Å². The number of amides is 1. The first-order valence-corrected chi connectivity index (χ1v) is 6.31. The summed E-state index contributed by atoms with van der Waals surface area (Å²) in [5.41, 5.74) is 8.78. The lowest BCUT2D eigenvalue weighted by atomic mass is 10.2. The molecule has 100 valence electrons. The average Bonchev–Trinajstić information content (AvgIpc) is 2.70. The molecule has 1 aromatic heterocycles. The molecule has 0 bridgehead atoms. The number of hydrogen-bond acceptors (Lipinski definition) is 2. The van der Waals surface area contributed by atoms with Crippen molar-refractivity contribution in [2.75, 3.05) is 5.73 Å². The number of rotatable bonds is 3. The zero-order valence-electron chi connectivity index (χ0n) is 10.9. The summed E-state index contributed by atoms with van der Waals surface area (Å²) in [6, 6.07) is 8.87. The van der Waals surface area contributed by atoms with Crippen molar-refractivity contribution < 1.29 is 4.79 Å². The smallest absolute Gasteiger partial charge is 0.251 e. The van der Waals surface area contributed by atoms with E-state index in [1.54, 1.807) is 18.2 Å². The van der Waals surface area contributed by atoms with Crippen molar-refractivity contribution in [2.24, 2.45) is 7.05 Å². The van der Waals surface area contributed by atoms with E-state index in [4.69, 9.17) is 17.3 Å². The molecule has 2 aromatic rings. The van der Waals surface area contributed by atoms with Crippen LogP contribution in [-0.2, 0) is 13.6 Å². The van der Waals surface area contributed by atoms with Crippen LogP contribution >= 0.6 is 11.6 Å². The van der Waals surface area contributed by atoms with Crippen LogP contribution in [0, 0.1) is 6.92 Å². The van der Waals surface area contributed by atoms with Gasteiger partial charge in [-0.1, -0.05) is 11.6 Å². The Morgan fingerprint density at radius 1 is 1.37 bits per heavy atom. The van der Waals surface area contributed by atoms with Crippen LogP contribution in [0.5, 0.6) is 0 Å². The van der Waals surface area contributed by atoms with Crippen LogP contribution in [0.1, 0.15) is 21.7 Å². The molecule has 0 atom stereocenters. The number of anilines is 1. The maximum atomic E-state index is 12.0. The van der Waals surface area contributed by atoms with Crippen LogP contribution in [0.15, 0.2) is 30.3 Å². The predicted molar refractivity (Wildman–Crippen MR) is 77.2 cm³/mol. The number of carbonyl (C=O) groups is 1. The van der Waals surface area contributed by atoms with Gasteiger partial charge in [0.15, 0.2) is 0 Å². The second-order valence-electron chi connectivity index (χ2n) is 4.44. The zero-order valence-corrected chi connectivity index (χ0v) is 11.7. The third-order valence-corrected chi connectivity index (χ3v) is 3.50. The highest BCUT2D eigenvalue weighted by Gasteiger charge is 2.08. The number of nitrogens with one attached hydrogen (secondary N) is 1. The highest BCUT2D eigenvalue weighted by atomic mass is 35.5. The molecule has 19 heavy (non-hydrogen) atoms. The van der Waals surface area contributed by atoms with Gasteiger partial charge in [-0.25, -0.2) is 0 Å². The fourth-order valence-corrected chi connectivity index (χ4v) is 1.97. The Balaban J connectivity index is 2.05. The van der Waals surface area contributed by atoms with Gasteiger partial charge >= 0.3 is 0 Å². The monoisotopic (exact) mass is 277 g/mol. The van der Waals surface area contributed by atoms with Crippen LogP contribution in [0.4, 0.5) is 5.69 Å². The van der Waals surface area contributed by atoms with Crippen molar-refractivity contribution in [2.45, 2.75) is 13.5 Å². The van der Waals surface area contributed by atoms with E-state index >= 15 is 0 Å². The molecule has 0 fully saturated rings. The molecule has 0 aliphatic rings. The Morgan fingerprint density at radius 2 is 2.11 bits per heavy atom. The van der Waals surface area contributed by atoms with Crippen molar-refractivity contribution >= 4 is 23.2 Å². The Hall–Kier alpha value is -1.94. The fraction of sp³-hybridized carbons (Fsp3) is 0.214. The first kappa shape index (κ1) is 13.5. The quantitative estimate of drug-likeness (QED) is 0.847. The molecule has 2 rings (SSSR count). The number of carbonyl (C=O) groups excluding carboxylic acids is 1. The molecule has 1 aromatic carbocycles. The lowest BCUT2D eigenvalue weighted by molar-refractivity contribution is 0.0950. The zero-order chi connectivity index (χ0) is 14.0. The van der Waals surface area contributed by atoms with Crippen LogP contribution in [0.25, 0.3) is 0 Å². The fourth-order valence-electron chi connectivity index (χ4n) is 1.79. The number of benzene rings is 1. The van der Waals surface area contributed by atoms with Gasteiger partial charge < -0.3 is 15.6 Å². The van der Waals surface area contributed by atoms with Gasteiger partial charge in [0.05, 0.1) is 17.3 Å². The number of hydrogen-bond donors (Lipinski definition) is 2. The third kappa shape index (κ3) is 2.90. The standard InChI is InChI=1S/C14H16ClN3O/c1-9-3-5-11(18(9)2)8-17-14(19)10-4-6-13(16)12(15)7-10/h3-7H,8,16H2,1-2H3,(H,17,19). The molecule has 0 aliphatic carbocycles. The Bertz CT molecular complexity index is 619. The van der Waals surface area contributed by atoms with Crippen LogP contribution in [-0.4, -0.2) is 10.5 Å². The molecule has 1 amide bonds. The number of aromatic nitrogens is 1. The third-order valence-electron chi connectivity index (χ3n) is 3.17. The first-order valence-electron chi connectivity index (χ1n) is 5.93. The van der Waals surface area contributed by atoms with E-state index < -0.39 is 0 Å². The molecule has 0 saturated carbocycles. The maximum Gasteiger partial charge on any atom is 0.251 e. The molecule has 3 N–H and O–H groups in total. The van der Waals surface area contributed by atoms with E-state index in [9.17, 15) is 4.79 Å². The summed E-state index contributed by atoms with van der Waals surface area (Å²) in [5, 5.41) is 3.25. The first-order chi connectivity index (χ1) is 8.99. The van der Waals surface area contributed by atoms with Crippen molar-refractivity contribution in [1.29, 1.82) is 0 Å². The van der Waals surface area contributed by atoms with E-state index in [1.807, 2.05) is 30.7 Å². The molecule has 0 saturated heterocycles. The van der Waals surface area contributed by atoms with E-state index in [0.29, 0.717) is 22.8 Å². The van der Waals surface area contributed by atoms with Gasteiger partial charge in [-0.15, -0.1) is 0 Å². The van der Waals surface area contributed by atoms with Gasteiger partial charge in [-0.3, -0.25) is 4.79 Å². The summed E-state index contributed by atoms with van der Waals surface area (Å²) in [6.07, 6.45) is 0. The molecule has 0 aliphatic heterocycles. The van der Waals surface area contributed by atoms with E-state index in [0.717, 1.165) is 11.4 Å². The Morgan fingerprint density at radius 3 is 2.68 bits per heavy atom. The van der Waals surface area contributed by atoms with E-state index in [1.165, 1.54) is 0 Å². The maximum absolute atomic E-state index is 12.0. The van der Waals surface area contributed by atoms with E-state index in [2.05, 4.69) is 5.32 Å². The molecular weight excluding hydrogens is 262 g/mol. The van der Waals surface area contributed by atoms with Crippen molar-refractivity contribution in [3.63, 3.8) is 0 Å². The second kappa shape index (κ2) is 5.36. The number of nitrogen functional groups attached to an aromatic ring is 1. The molecule has 0 spiro atoms. The summed E-state index contributed by atoms with van der Waals surface area (Å²) < 4.78 is 2.04. The van der Waals surface area contributed by atoms with Gasteiger partial charge in [0.2, 0.25) is 0 Å². The summed E-state index contributed by atoms with van der Waals surface area (Å²) in [7, 11) is 1.97. The van der Waals surface area contributed by atoms with Crippen LogP contribution in [0.2, 0.25) is 5.02 Å². The SMILES string of the molecule is Cc1ccc(CNC(=O)c2ccc(N)c(Cl)c2)n1C. The summed E-state index contributed by atoms with van der Waals surface area (Å²) in [6.45, 7) is 2.50. The van der Waals surface area contributed by atoms with Gasteiger partial charge in [-0.05, 0) is 37.3 Å². The van der Waals surface area contributed by atoms with Crippen LogP contribution in [0.3, 0.4) is 0 Å². The minimum atomic E-state index is -0.166. The average molecular weight is 278 g/mol. The Kier molecular flexibility index (Phi) is 3.81. The number of nitrogens with zero attached hydrogens (tertiary/aromatic N) is 1. The number of aryl methyl sites for hydroxylation is 1. The molecule has 0 radical (unpaired) electrons. The second-order valence-corrected chi connectivity index (χ2v) is 4.85. The van der Waals surface area contributed by atoms with Crippen molar-refractivity contribution in [3.8, 4) is 0 Å². The summed E-state index contributed by atoms with van der Waals surface area (Å²) in [5.74, 6) is -0.166. The highest BCUT2D eigenvalue weighted by Crippen LogP contribution is 2.19. The molecule has 1 heterocycles. The number of nitrogens with two attached hydrogens (primary N) is 1. The molecular formula is C14H16ClN3O. The van der Waals surface area contributed by atoms with Crippen molar-refractivity contribution in [3.05, 3.63) is 52.3 Å². The molecule has 5 heteroatoms. The summed E-state index contributed by atoms with van der Waals surface area (Å²) >= 11 is 5.89. The molecule has 0 unspecified atom stereocenters. The summed E-state index contributed by atoms with van der Waals surface area (Å²) in [4.78, 5) is 12.0. The lowest BCUT2D eigenvalue weighted by Gasteiger charge is -2.08. The topological polar surface area (TPSA) is 60.1 Å². The molecule has 4 nitrogen and oxygen atoms in total. The minimum absolute atomic E-state index is 0.166. The largest absolute Gasteiger partial charge is 0.398 e. The minimum Gasteiger partial charge on any atom is -0.398 e. The highest BCUT2D eigenvalue weighted by molar-refractivity contribution is 6.33. The van der Waals surface area contributed by atoms with Gasteiger partial charge in [0.1, 0.15) is 0 Å². The van der Waals surface area contributed by atoms with Gasteiger partial charge in [0, 0.05) is 24.0 Å². The van der Waals surface area contributed by atoms with Crippen molar-refractivity contribution in [1.82, 2.24) is 9.88 Å². The normalized spacial score (nSPS) is 10.5. The predicted octanol–water partition coefficient (Wildman–Crippen LogP) is 2.50.